The highest BCUT2D eigenvalue weighted by Crippen LogP contribution is 2.39. The average Bonchev–Trinajstić information content (AvgIpc) is 2.26. The van der Waals surface area contributed by atoms with E-state index in [0.29, 0.717) is 0 Å². The molecule has 1 N–H and O–H groups in total. The minimum Gasteiger partial charge on any atom is -0.389 e. The Kier molecular flexibility index (Phi) is 2.54. The van der Waals surface area contributed by atoms with Gasteiger partial charge in [-0.1, -0.05) is 20.8 Å². The number of Topliss-reactive ketones (excluding diaryl/α,β-unsaturated/α-hetero) is 1. The quantitative estimate of drug-likeness (QED) is 0.678. The van der Waals surface area contributed by atoms with E-state index in [1.165, 1.54) is 0 Å². The van der Waals surface area contributed by atoms with Crippen LogP contribution in [0.1, 0.15) is 47.0 Å². The monoisotopic (exact) mass is 184 g/mol. The molecule has 0 aliphatic heterocycles. The van der Waals surface area contributed by atoms with E-state index in [1.54, 1.807) is 6.92 Å². The van der Waals surface area contributed by atoms with Gasteiger partial charge in [0.2, 0.25) is 0 Å². The van der Waals surface area contributed by atoms with Crippen LogP contribution in [-0.4, -0.2) is 16.5 Å². The maximum absolute atomic E-state index is 11.9. The van der Waals surface area contributed by atoms with E-state index in [0.717, 1.165) is 19.3 Å². The SMILES string of the molecule is CC(C)(C)C(=O)[C@@H]1CCC[C@]1(C)O. The van der Waals surface area contributed by atoms with E-state index in [1.807, 2.05) is 20.8 Å². The van der Waals surface area contributed by atoms with Crippen LogP contribution >= 0.6 is 0 Å². The van der Waals surface area contributed by atoms with Crippen molar-refractivity contribution in [1.29, 1.82) is 0 Å². The normalized spacial score (nSPS) is 35.0. The first kappa shape index (κ1) is 10.7. The van der Waals surface area contributed by atoms with E-state index < -0.39 is 5.60 Å². The number of ketones is 1. The predicted molar refractivity (Wildman–Crippen MR) is 52.4 cm³/mol. The van der Waals surface area contributed by atoms with Crippen LogP contribution in [0.5, 0.6) is 0 Å². The van der Waals surface area contributed by atoms with Crippen molar-refractivity contribution in [3.8, 4) is 0 Å². The summed E-state index contributed by atoms with van der Waals surface area (Å²) in [6, 6.07) is 0. The molecule has 76 valence electrons. The Hall–Kier alpha value is -0.370. The van der Waals surface area contributed by atoms with Gasteiger partial charge in [-0.05, 0) is 26.2 Å². The summed E-state index contributed by atoms with van der Waals surface area (Å²) < 4.78 is 0. The zero-order valence-corrected chi connectivity index (χ0v) is 9.05. The second kappa shape index (κ2) is 3.09. The second-order valence-electron chi connectivity index (χ2n) is 5.42. The number of carbonyl (C=O) groups excluding carboxylic acids is 1. The number of aliphatic hydroxyl groups is 1. The van der Waals surface area contributed by atoms with Gasteiger partial charge in [0.05, 0.1) is 5.60 Å². The van der Waals surface area contributed by atoms with Gasteiger partial charge in [0.15, 0.2) is 0 Å². The highest BCUT2D eigenvalue weighted by molar-refractivity contribution is 5.87. The summed E-state index contributed by atoms with van der Waals surface area (Å²) in [7, 11) is 0. The Morgan fingerprint density at radius 2 is 2.00 bits per heavy atom. The van der Waals surface area contributed by atoms with Gasteiger partial charge >= 0.3 is 0 Å². The lowest BCUT2D eigenvalue weighted by atomic mass is 9.77. The molecular formula is C11H20O2. The van der Waals surface area contributed by atoms with Crippen LogP contribution in [0.4, 0.5) is 0 Å². The first-order chi connectivity index (χ1) is 5.75. The summed E-state index contributed by atoms with van der Waals surface area (Å²) in [6.07, 6.45) is 2.59. The van der Waals surface area contributed by atoms with Crippen LogP contribution in [0.3, 0.4) is 0 Å². The molecule has 1 fully saturated rings. The molecule has 1 aliphatic rings. The van der Waals surface area contributed by atoms with Gasteiger partial charge in [0, 0.05) is 11.3 Å². The largest absolute Gasteiger partial charge is 0.389 e. The van der Waals surface area contributed by atoms with E-state index in [2.05, 4.69) is 0 Å². The Morgan fingerprint density at radius 1 is 1.46 bits per heavy atom. The first-order valence-corrected chi connectivity index (χ1v) is 5.02. The third-order valence-electron chi connectivity index (χ3n) is 2.98. The van der Waals surface area contributed by atoms with Crippen LogP contribution in [-0.2, 0) is 4.79 Å². The van der Waals surface area contributed by atoms with Gasteiger partial charge in [-0.25, -0.2) is 0 Å². The average molecular weight is 184 g/mol. The molecule has 0 bridgehead atoms. The smallest absolute Gasteiger partial charge is 0.144 e. The van der Waals surface area contributed by atoms with Crippen LogP contribution in [0.25, 0.3) is 0 Å². The highest BCUT2D eigenvalue weighted by atomic mass is 16.3. The zero-order chi connectivity index (χ0) is 10.3. The molecule has 1 aliphatic carbocycles. The first-order valence-electron chi connectivity index (χ1n) is 5.02. The van der Waals surface area contributed by atoms with Gasteiger partial charge in [-0.2, -0.15) is 0 Å². The van der Waals surface area contributed by atoms with Gasteiger partial charge in [-0.3, -0.25) is 4.79 Å². The zero-order valence-electron chi connectivity index (χ0n) is 9.05. The molecule has 2 atom stereocenters. The molecular weight excluding hydrogens is 164 g/mol. The molecule has 0 heterocycles. The predicted octanol–water partition coefficient (Wildman–Crippen LogP) is 2.15. The van der Waals surface area contributed by atoms with Crippen molar-refractivity contribution < 1.29 is 9.90 Å². The third kappa shape index (κ3) is 2.11. The Balaban J connectivity index is 2.79. The van der Waals surface area contributed by atoms with Crippen LogP contribution in [0.15, 0.2) is 0 Å². The molecule has 0 aromatic rings. The van der Waals surface area contributed by atoms with Crippen molar-refractivity contribution in [1.82, 2.24) is 0 Å². The van der Waals surface area contributed by atoms with Crippen molar-refractivity contribution in [3.05, 3.63) is 0 Å². The molecule has 2 heteroatoms. The highest BCUT2D eigenvalue weighted by Gasteiger charge is 2.44. The molecule has 0 unspecified atom stereocenters. The summed E-state index contributed by atoms with van der Waals surface area (Å²) in [4.78, 5) is 11.9. The van der Waals surface area contributed by atoms with Crippen LogP contribution < -0.4 is 0 Å². The van der Waals surface area contributed by atoms with E-state index in [-0.39, 0.29) is 17.1 Å². The Bertz CT molecular complexity index is 211. The maximum atomic E-state index is 11.9. The number of carbonyl (C=O) groups is 1. The summed E-state index contributed by atoms with van der Waals surface area (Å²) >= 11 is 0. The molecule has 13 heavy (non-hydrogen) atoms. The molecule has 1 rings (SSSR count). The molecule has 0 aromatic carbocycles. The van der Waals surface area contributed by atoms with Crippen molar-refractivity contribution in [3.63, 3.8) is 0 Å². The van der Waals surface area contributed by atoms with Gasteiger partial charge < -0.3 is 5.11 Å². The van der Waals surface area contributed by atoms with Crippen molar-refractivity contribution >= 4 is 5.78 Å². The van der Waals surface area contributed by atoms with Gasteiger partial charge in [0.1, 0.15) is 5.78 Å². The molecule has 1 saturated carbocycles. The Labute approximate surface area is 80.3 Å². The molecule has 0 aromatic heterocycles. The molecule has 2 nitrogen and oxygen atoms in total. The minimum atomic E-state index is -0.760. The van der Waals surface area contributed by atoms with Crippen LogP contribution in [0.2, 0.25) is 0 Å². The number of rotatable bonds is 1. The van der Waals surface area contributed by atoms with E-state index in [4.69, 9.17) is 0 Å². The minimum absolute atomic E-state index is 0.146. The van der Waals surface area contributed by atoms with Crippen LogP contribution in [0, 0.1) is 11.3 Å². The fourth-order valence-corrected chi connectivity index (χ4v) is 2.09. The molecule has 0 radical (unpaired) electrons. The lowest BCUT2D eigenvalue weighted by Gasteiger charge is -2.29. The maximum Gasteiger partial charge on any atom is 0.144 e. The molecule has 0 amide bonds. The van der Waals surface area contributed by atoms with Crippen molar-refractivity contribution in [2.45, 2.75) is 52.6 Å². The van der Waals surface area contributed by atoms with Crippen molar-refractivity contribution in [2.24, 2.45) is 11.3 Å². The summed E-state index contributed by atoms with van der Waals surface area (Å²) in [5.74, 6) is 0.0579. The van der Waals surface area contributed by atoms with Gasteiger partial charge in [0.25, 0.3) is 0 Å². The lowest BCUT2D eigenvalue weighted by Crippen LogP contribution is -2.40. The summed E-state index contributed by atoms with van der Waals surface area (Å²) in [6.45, 7) is 7.55. The summed E-state index contributed by atoms with van der Waals surface area (Å²) in [5.41, 5.74) is -1.08. The standard InChI is InChI=1S/C11H20O2/c1-10(2,3)9(12)8-6-5-7-11(8,4)13/h8,13H,5-7H2,1-4H3/t8-,11-/m0/s1. The van der Waals surface area contributed by atoms with E-state index >= 15 is 0 Å². The third-order valence-corrected chi connectivity index (χ3v) is 2.98. The molecule has 0 spiro atoms. The fourth-order valence-electron chi connectivity index (χ4n) is 2.09. The summed E-state index contributed by atoms with van der Waals surface area (Å²) in [5, 5.41) is 9.97. The number of hydrogen-bond donors (Lipinski definition) is 1. The number of hydrogen-bond acceptors (Lipinski definition) is 2. The Morgan fingerprint density at radius 3 is 2.31 bits per heavy atom. The molecule has 0 saturated heterocycles. The topological polar surface area (TPSA) is 37.3 Å². The second-order valence-corrected chi connectivity index (χ2v) is 5.42. The lowest BCUT2D eigenvalue weighted by molar-refractivity contribution is -0.137. The van der Waals surface area contributed by atoms with Crippen molar-refractivity contribution in [2.75, 3.05) is 0 Å². The van der Waals surface area contributed by atoms with E-state index in [9.17, 15) is 9.90 Å². The van der Waals surface area contributed by atoms with Gasteiger partial charge in [-0.15, -0.1) is 0 Å². The fraction of sp³-hybridized carbons (Fsp3) is 0.909.